The maximum absolute atomic E-state index is 5.13. The van der Waals surface area contributed by atoms with Gasteiger partial charge in [-0.25, -0.2) is 0 Å². The van der Waals surface area contributed by atoms with E-state index in [4.69, 9.17) is 12.2 Å². The Kier molecular flexibility index (Phi) is 5.25. The molecule has 16 heavy (non-hydrogen) atoms. The third kappa shape index (κ3) is 4.61. The third-order valence-electron chi connectivity index (χ3n) is 2.26. The lowest BCUT2D eigenvalue weighted by atomic mass is 10.1. The summed E-state index contributed by atoms with van der Waals surface area (Å²) in [6, 6.07) is 0.385. The van der Waals surface area contributed by atoms with Crippen molar-refractivity contribution in [2.75, 3.05) is 6.54 Å². The molecule has 1 heterocycles. The molecule has 0 radical (unpaired) electrons. The average Bonchev–Trinajstić information content (AvgIpc) is 2.58. The molecule has 0 aliphatic carbocycles. The fourth-order valence-electron chi connectivity index (χ4n) is 1.42. The van der Waals surface area contributed by atoms with Crippen LogP contribution in [0.4, 0.5) is 0 Å². The van der Waals surface area contributed by atoms with E-state index in [1.165, 1.54) is 5.56 Å². The summed E-state index contributed by atoms with van der Waals surface area (Å²) < 4.78 is 0. The lowest BCUT2D eigenvalue weighted by Crippen LogP contribution is -2.39. The van der Waals surface area contributed by atoms with Crippen molar-refractivity contribution in [1.29, 1.82) is 0 Å². The second kappa shape index (κ2) is 6.48. The van der Waals surface area contributed by atoms with E-state index in [1.807, 2.05) is 13.1 Å². The molecule has 0 saturated heterocycles. The molecule has 0 aromatic carbocycles. The number of thiocarbonyl (C=S) groups is 1. The summed E-state index contributed by atoms with van der Waals surface area (Å²) in [7, 11) is 0. The van der Waals surface area contributed by atoms with Gasteiger partial charge >= 0.3 is 0 Å². The maximum Gasteiger partial charge on any atom is 0.166 e. The van der Waals surface area contributed by atoms with Crippen molar-refractivity contribution >= 4 is 17.3 Å². The van der Waals surface area contributed by atoms with Crippen LogP contribution < -0.4 is 10.6 Å². The summed E-state index contributed by atoms with van der Waals surface area (Å²) in [5.74, 6) is 0. The Morgan fingerprint density at radius 3 is 2.88 bits per heavy atom. The van der Waals surface area contributed by atoms with Gasteiger partial charge in [0.2, 0.25) is 0 Å². The van der Waals surface area contributed by atoms with Crippen LogP contribution in [0.2, 0.25) is 0 Å². The first-order valence-electron chi connectivity index (χ1n) is 5.63. The number of hydrogen-bond donors (Lipinski definition) is 3. The van der Waals surface area contributed by atoms with E-state index in [2.05, 4.69) is 34.7 Å². The molecule has 90 valence electrons. The van der Waals surface area contributed by atoms with E-state index in [-0.39, 0.29) is 0 Å². The number of nitrogens with one attached hydrogen (secondary N) is 3. The molecule has 4 nitrogen and oxygen atoms in total. The standard InChI is InChI=1S/C11H20N4S/c1-8(2)14-11(16)12-6-4-5-10-7-13-15-9(10)3/h7-8H,4-6H2,1-3H3,(H,13,15)(H2,12,14,16). The first kappa shape index (κ1) is 13.0. The third-order valence-corrected chi connectivity index (χ3v) is 2.52. The minimum Gasteiger partial charge on any atom is -0.363 e. The van der Waals surface area contributed by atoms with E-state index in [9.17, 15) is 0 Å². The lowest BCUT2D eigenvalue weighted by molar-refractivity contribution is 0.697. The second-order valence-electron chi connectivity index (χ2n) is 4.18. The zero-order chi connectivity index (χ0) is 12.0. The molecule has 0 aliphatic rings. The van der Waals surface area contributed by atoms with Crippen molar-refractivity contribution in [3.8, 4) is 0 Å². The fourth-order valence-corrected chi connectivity index (χ4v) is 1.76. The maximum atomic E-state index is 5.13. The molecule has 5 heteroatoms. The number of hydrogen-bond acceptors (Lipinski definition) is 2. The first-order chi connectivity index (χ1) is 7.59. The van der Waals surface area contributed by atoms with Gasteiger partial charge in [0, 0.05) is 18.3 Å². The topological polar surface area (TPSA) is 52.7 Å². The minimum atomic E-state index is 0.385. The van der Waals surface area contributed by atoms with Crippen molar-refractivity contribution in [2.45, 2.75) is 39.7 Å². The Labute approximate surface area is 102 Å². The van der Waals surface area contributed by atoms with Gasteiger partial charge in [-0.2, -0.15) is 5.10 Å². The van der Waals surface area contributed by atoms with Crippen LogP contribution in [0.5, 0.6) is 0 Å². The normalized spacial score (nSPS) is 10.5. The van der Waals surface area contributed by atoms with E-state index in [1.54, 1.807) is 0 Å². The number of aryl methyl sites for hydroxylation is 2. The molecule has 3 N–H and O–H groups in total. The lowest BCUT2D eigenvalue weighted by Gasteiger charge is -2.12. The number of nitrogens with zero attached hydrogens (tertiary/aromatic N) is 1. The van der Waals surface area contributed by atoms with Gasteiger partial charge in [0.1, 0.15) is 0 Å². The highest BCUT2D eigenvalue weighted by molar-refractivity contribution is 7.80. The van der Waals surface area contributed by atoms with Crippen molar-refractivity contribution < 1.29 is 0 Å². The molecule has 0 bridgehead atoms. The molecule has 1 aromatic rings. The number of H-pyrrole nitrogens is 1. The quantitative estimate of drug-likeness (QED) is 0.539. The molecule has 0 fully saturated rings. The Bertz CT molecular complexity index is 332. The molecule has 0 saturated carbocycles. The van der Waals surface area contributed by atoms with Crippen LogP contribution in [-0.2, 0) is 6.42 Å². The van der Waals surface area contributed by atoms with Gasteiger partial charge in [0.05, 0.1) is 6.20 Å². The predicted molar refractivity (Wildman–Crippen MR) is 70.5 cm³/mol. The zero-order valence-corrected chi connectivity index (χ0v) is 10.9. The van der Waals surface area contributed by atoms with Gasteiger partial charge in [0.25, 0.3) is 0 Å². The second-order valence-corrected chi connectivity index (χ2v) is 4.59. The van der Waals surface area contributed by atoms with E-state index in [0.717, 1.165) is 30.2 Å². The van der Waals surface area contributed by atoms with Crippen LogP contribution in [0.15, 0.2) is 6.20 Å². The molecular formula is C11H20N4S. The molecule has 0 aliphatic heterocycles. The fraction of sp³-hybridized carbons (Fsp3) is 0.636. The van der Waals surface area contributed by atoms with Gasteiger partial charge in [-0.15, -0.1) is 0 Å². The van der Waals surface area contributed by atoms with E-state index in [0.29, 0.717) is 6.04 Å². The monoisotopic (exact) mass is 240 g/mol. The zero-order valence-electron chi connectivity index (χ0n) is 10.1. The SMILES string of the molecule is Cc1[nH]ncc1CCCNC(=S)NC(C)C. The Hall–Kier alpha value is -1.10. The van der Waals surface area contributed by atoms with Crippen molar-refractivity contribution in [2.24, 2.45) is 0 Å². The smallest absolute Gasteiger partial charge is 0.166 e. The Morgan fingerprint density at radius 2 is 2.31 bits per heavy atom. The van der Waals surface area contributed by atoms with Gasteiger partial charge in [-0.05, 0) is 51.4 Å². The number of aromatic nitrogens is 2. The van der Waals surface area contributed by atoms with Crippen LogP contribution in [-0.4, -0.2) is 27.9 Å². The van der Waals surface area contributed by atoms with E-state index < -0.39 is 0 Å². The summed E-state index contributed by atoms with van der Waals surface area (Å²) in [4.78, 5) is 0. The summed E-state index contributed by atoms with van der Waals surface area (Å²) in [6.45, 7) is 7.08. The highest BCUT2D eigenvalue weighted by atomic mass is 32.1. The molecule has 0 atom stereocenters. The molecular weight excluding hydrogens is 220 g/mol. The summed E-state index contributed by atoms with van der Waals surface area (Å²) in [5, 5.41) is 14.0. The molecule has 1 aromatic heterocycles. The minimum absolute atomic E-state index is 0.385. The Balaban J connectivity index is 2.13. The van der Waals surface area contributed by atoms with Crippen LogP contribution in [0.1, 0.15) is 31.5 Å². The number of aromatic amines is 1. The predicted octanol–water partition coefficient (Wildman–Crippen LogP) is 1.52. The van der Waals surface area contributed by atoms with E-state index >= 15 is 0 Å². The van der Waals surface area contributed by atoms with Gasteiger partial charge < -0.3 is 10.6 Å². The highest BCUT2D eigenvalue weighted by Crippen LogP contribution is 2.04. The number of rotatable bonds is 5. The summed E-state index contributed by atoms with van der Waals surface area (Å²) >= 11 is 5.13. The highest BCUT2D eigenvalue weighted by Gasteiger charge is 2.00. The summed E-state index contributed by atoms with van der Waals surface area (Å²) in [6.07, 6.45) is 3.97. The van der Waals surface area contributed by atoms with Crippen molar-refractivity contribution in [3.05, 3.63) is 17.5 Å². The van der Waals surface area contributed by atoms with Crippen molar-refractivity contribution in [3.63, 3.8) is 0 Å². The molecule has 0 spiro atoms. The van der Waals surface area contributed by atoms with Crippen molar-refractivity contribution in [1.82, 2.24) is 20.8 Å². The van der Waals surface area contributed by atoms with Crippen LogP contribution >= 0.6 is 12.2 Å². The van der Waals surface area contributed by atoms with Crippen LogP contribution in [0.25, 0.3) is 0 Å². The van der Waals surface area contributed by atoms with Gasteiger partial charge in [-0.1, -0.05) is 0 Å². The van der Waals surface area contributed by atoms with Crippen LogP contribution in [0.3, 0.4) is 0 Å². The first-order valence-corrected chi connectivity index (χ1v) is 6.03. The van der Waals surface area contributed by atoms with Gasteiger partial charge in [-0.3, -0.25) is 5.10 Å². The largest absolute Gasteiger partial charge is 0.363 e. The van der Waals surface area contributed by atoms with Crippen LogP contribution in [0, 0.1) is 6.92 Å². The average molecular weight is 240 g/mol. The molecule has 0 unspecified atom stereocenters. The summed E-state index contributed by atoms with van der Waals surface area (Å²) in [5.41, 5.74) is 2.44. The Morgan fingerprint density at radius 1 is 1.56 bits per heavy atom. The van der Waals surface area contributed by atoms with Gasteiger partial charge in [0.15, 0.2) is 5.11 Å². The molecule has 1 rings (SSSR count). The molecule has 0 amide bonds.